The highest BCUT2D eigenvalue weighted by molar-refractivity contribution is 5.92. The van der Waals surface area contributed by atoms with E-state index in [0.29, 0.717) is 18.3 Å². The first kappa shape index (κ1) is 14.9. The summed E-state index contributed by atoms with van der Waals surface area (Å²) in [5, 5.41) is 14.3. The molecule has 1 unspecified atom stereocenters. The van der Waals surface area contributed by atoms with Gasteiger partial charge in [-0.25, -0.2) is 4.68 Å². The largest absolute Gasteiger partial charge is 0.385 e. The molecular formula is C13H23N5O2. The van der Waals surface area contributed by atoms with Gasteiger partial charge in [-0.05, 0) is 39.3 Å². The summed E-state index contributed by atoms with van der Waals surface area (Å²) in [4.78, 5) is 12.0. The lowest BCUT2D eigenvalue weighted by Gasteiger charge is -2.22. The predicted molar refractivity (Wildman–Crippen MR) is 74.6 cm³/mol. The maximum absolute atomic E-state index is 12.0. The molecule has 1 atom stereocenters. The molecule has 1 aromatic rings. The van der Waals surface area contributed by atoms with Crippen molar-refractivity contribution in [1.82, 2.24) is 25.6 Å². The third-order valence-corrected chi connectivity index (χ3v) is 3.56. The Morgan fingerprint density at radius 3 is 3.05 bits per heavy atom. The number of hydrogen-bond donors (Lipinski definition) is 2. The van der Waals surface area contributed by atoms with Gasteiger partial charge >= 0.3 is 0 Å². The van der Waals surface area contributed by atoms with E-state index in [1.54, 1.807) is 13.3 Å². The van der Waals surface area contributed by atoms with Gasteiger partial charge in [0, 0.05) is 19.8 Å². The molecule has 0 aromatic carbocycles. The van der Waals surface area contributed by atoms with Crippen LogP contribution in [0.5, 0.6) is 0 Å². The average molecular weight is 281 g/mol. The highest BCUT2D eigenvalue weighted by Gasteiger charge is 2.19. The second-order valence-electron chi connectivity index (χ2n) is 5.22. The van der Waals surface area contributed by atoms with E-state index < -0.39 is 0 Å². The van der Waals surface area contributed by atoms with Gasteiger partial charge in [-0.1, -0.05) is 5.21 Å². The summed E-state index contributed by atoms with van der Waals surface area (Å²) in [5.74, 6) is -0.172. The van der Waals surface area contributed by atoms with Crippen molar-refractivity contribution >= 4 is 5.91 Å². The van der Waals surface area contributed by atoms with Gasteiger partial charge in [-0.15, -0.1) is 5.10 Å². The Hall–Kier alpha value is -1.47. The number of nitrogens with one attached hydrogen (secondary N) is 2. The first-order valence-electron chi connectivity index (χ1n) is 7.13. The van der Waals surface area contributed by atoms with E-state index in [9.17, 15) is 4.79 Å². The minimum atomic E-state index is -0.172. The van der Waals surface area contributed by atoms with Crippen LogP contribution in [0.4, 0.5) is 0 Å². The highest BCUT2D eigenvalue weighted by Crippen LogP contribution is 2.16. The molecule has 1 saturated heterocycles. The fourth-order valence-corrected chi connectivity index (χ4v) is 2.29. The smallest absolute Gasteiger partial charge is 0.273 e. The summed E-state index contributed by atoms with van der Waals surface area (Å²) in [6.45, 7) is 4.55. The van der Waals surface area contributed by atoms with Gasteiger partial charge in [0.1, 0.15) is 0 Å². The third kappa shape index (κ3) is 4.01. The molecule has 1 fully saturated rings. The lowest BCUT2D eigenvalue weighted by molar-refractivity contribution is 0.0924. The van der Waals surface area contributed by atoms with Crippen LogP contribution in [-0.4, -0.2) is 53.7 Å². The topological polar surface area (TPSA) is 81.1 Å². The predicted octanol–water partition coefficient (Wildman–Crippen LogP) is 0.357. The maximum Gasteiger partial charge on any atom is 0.273 e. The SMILES string of the molecule is COCCC(C)NC(=O)c1cn(C2CCNCC2)nn1. The number of nitrogens with zero attached hydrogens (tertiary/aromatic N) is 3. The minimum absolute atomic E-state index is 0.0616. The van der Waals surface area contributed by atoms with Crippen molar-refractivity contribution in [2.24, 2.45) is 0 Å². The van der Waals surface area contributed by atoms with Gasteiger partial charge < -0.3 is 15.4 Å². The highest BCUT2D eigenvalue weighted by atomic mass is 16.5. The molecule has 1 aliphatic heterocycles. The van der Waals surface area contributed by atoms with Gasteiger partial charge in [0.25, 0.3) is 5.91 Å². The third-order valence-electron chi connectivity index (χ3n) is 3.56. The second-order valence-corrected chi connectivity index (χ2v) is 5.22. The molecule has 1 amide bonds. The molecule has 0 bridgehead atoms. The zero-order valence-electron chi connectivity index (χ0n) is 12.1. The fourth-order valence-electron chi connectivity index (χ4n) is 2.29. The molecule has 112 valence electrons. The number of carbonyl (C=O) groups is 1. The molecule has 0 aliphatic carbocycles. The van der Waals surface area contributed by atoms with Gasteiger partial charge in [0.15, 0.2) is 5.69 Å². The van der Waals surface area contributed by atoms with Crippen molar-refractivity contribution < 1.29 is 9.53 Å². The quantitative estimate of drug-likeness (QED) is 0.787. The summed E-state index contributed by atoms with van der Waals surface area (Å²) < 4.78 is 6.81. The van der Waals surface area contributed by atoms with Gasteiger partial charge in [0.05, 0.1) is 12.2 Å². The van der Waals surface area contributed by atoms with Crippen LogP contribution in [0, 0.1) is 0 Å². The second kappa shape index (κ2) is 7.35. The van der Waals surface area contributed by atoms with Crippen molar-refractivity contribution in [3.05, 3.63) is 11.9 Å². The van der Waals surface area contributed by atoms with Crippen molar-refractivity contribution in [2.75, 3.05) is 26.8 Å². The lowest BCUT2D eigenvalue weighted by atomic mass is 10.1. The number of hydrogen-bond acceptors (Lipinski definition) is 5. The van der Waals surface area contributed by atoms with E-state index in [1.165, 1.54) is 0 Å². The first-order valence-corrected chi connectivity index (χ1v) is 7.13. The average Bonchev–Trinajstić information content (AvgIpc) is 2.96. The molecular weight excluding hydrogens is 258 g/mol. The number of piperidine rings is 1. The lowest BCUT2D eigenvalue weighted by Crippen LogP contribution is -2.33. The van der Waals surface area contributed by atoms with Gasteiger partial charge in [-0.3, -0.25) is 4.79 Å². The fraction of sp³-hybridized carbons (Fsp3) is 0.769. The number of amides is 1. The number of ether oxygens (including phenoxy) is 1. The number of carbonyl (C=O) groups excluding carboxylic acids is 1. The Balaban J connectivity index is 1.88. The standard InChI is InChI=1S/C13H23N5O2/c1-10(5-8-20-2)15-13(19)12-9-18(17-16-12)11-3-6-14-7-4-11/h9-11,14H,3-8H2,1-2H3,(H,15,19). The van der Waals surface area contributed by atoms with Crippen LogP contribution in [0.2, 0.25) is 0 Å². The molecule has 0 spiro atoms. The van der Waals surface area contributed by atoms with Crippen LogP contribution >= 0.6 is 0 Å². The van der Waals surface area contributed by atoms with E-state index in [2.05, 4.69) is 20.9 Å². The van der Waals surface area contributed by atoms with Crippen molar-refractivity contribution in [3.63, 3.8) is 0 Å². The van der Waals surface area contributed by atoms with Crippen LogP contribution in [0.25, 0.3) is 0 Å². The Bertz CT molecular complexity index is 428. The molecule has 0 radical (unpaired) electrons. The summed E-state index contributed by atoms with van der Waals surface area (Å²) in [7, 11) is 1.65. The van der Waals surface area contributed by atoms with Crippen LogP contribution in [0.1, 0.15) is 42.7 Å². The van der Waals surface area contributed by atoms with Crippen LogP contribution in [0.3, 0.4) is 0 Å². The first-order chi connectivity index (χ1) is 9.70. The number of aromatic nitrogens is 3. The van der Waals surface area contributed by atoms with E-state index in [-0.39, 0.29) is 11.9 Å². The molecule has 0 saturated carbocycles. The monoisotopic (exact) mass is 281 g/mol. The number of methoxy groups -OCH3 is 1. The Labute approximate surface area is 119 Å². The Kier molecular flexibility index (Phi) is 5.49. The van der Waals surface area contributed by atoms with E-state index in [1.807, 2.05) is 11.6 Å². The maximum atomic E-state index is 12.0. The molecule has 2 heterocycles. The molecule has 1 aliphatic rings. The molecule has 7 nitrogen and oxygen atoms in total. The van der Waals surface area contributed by atoms with Crippen LogP contribution < -0.4 is 10.6 Å². The molecule has 2 N–H and O–H groups in total. The van der Waals surface area contributed by atoms with Crippen molar-refractivity contribution in [2.45, 2.75) is 38.3 Å². The zero-order chi connectivity index (χ0) is 14.4. The van der Waals surface area contributed by atoms with Crippen LogP contribution in [-0.2, 0) is 4.74 Å². The van der Waals surface area contributed by atoms with Gasteiger partial charge in [-0.2, -0.15) is 0 Å². The van der Waals surface area contributed by atoms with Gasteiger partial charge in [0.2, 0.25) is 0 Å². The van der Waals surface area contributed by atoms with Crippen molar-refractivity contribution in [1.29, 1.82) is 0 Å². The van der Waals surface area contributed by atoms with Crippen LogP contribution in [0.15, 0.2) is 6.20 Å². The summed E-state index contributed by atoms with van der Waals surface area (Å²) in [6, 6.07) is 0.405. The zero-order valence-corrected chi connectivity index (χ0v) is 12.1. The van der Waals surface area contributed by atoms with Crippen molar-refractivity contribution in [3.8, 4) is 0 Å². The van der Waals surface area contributed by atoms with E-state index in [4.69, 9.17) is 4.74 Å². The summed E-state index contributed by atoms with van der Waals surface area (Å²) in [6.07, 6.45) is 4.57. The summed E-state index contributed by atoms with van der Waals surface area (Å²) >= 11 is 0. The molecule has 7 heteroatoms. The Morgan fingerprint density at radius 1 is 1.60 bits per heavy atom. The molecule has 20 heavy (non-hydrogen) atoms. The summed E-state index contributed by atoms with van der Waals surface area (Å²) in [5.41, 5.74) is 0.382. The molecule has 1 aromatic heterocycles. The minimum Gasteiger partial charge on any atom is -0.385 e. The number of rotatable bonds is 6. The normalized spacial score (nSPS) is 17.9. The Morgan fingerprint density at radius 2 is 2.35 bits per heavy atom. The van der Waals surface area contributed by atoms with E-state index in [0.717, 1.165) is 32.4 Å². The van der Waals surface area contributed by atoms with E-state index >= 15 is 0 Å². The molecule has 2 rings (SSSR count).